The zero-order valence-electron chi connectivity index (χ0n) is 6.48. The van der Waals surface area contributed by atoms with E-state index < -0.39 is 0 Å². The maximum Gasteiger partial charge on any atom is 0.0486 e. The Morgan fingerprint density at radius 1 is 1.60 bits per heavy atom. The summed E-state index contributed by atoms with van der Waals surface area (Å²) >= 11 is 5.96. The van der Waals surface area contributed by atoms with Crippen molar-refractivity contribution in [2.24, 2.45) is 0 Å². The van der Waals surface area contributed by atoms with E-state index in [1.165, 1.54) is 12.8 Å². The maximum absolute atomic E-state index is 5.96. The lowest BCUT2D eigenvalue weighted by atomic mass is 9.97. The van der Waals surface area contributed by atoms with E-state index in [1.54, 1.807) is 0 Å². The number of nitrogens with one attached hydrogen (secondary N) is 1. The lowest BCUT2D eigenvalue weighted by Gasteiger charge is -2.26. The summed E-state index contributed by atoms with van der Waals surface area (Å²) in [5.41, 5.74) is 0.210. The van der Waals surface area contributed by atoms with Gasteiger partial charge >= 0.3 is 0 Å². The summed E-state index contributed by atoms with van der Waals surface area (Å²) in [6.07, 6.45) is 2.49. The fraction of sp³-hybridized carbons (Fsp3) is 1.00. The van der Waals surface area contributed by atoms with E-state index >= 15 is 0 Å². The third kappa shape index (κ3) is 2.01. The summed E-state index contributed by atoms with van der Waals surface area (Å²) in [4.78, 5) is 0. The summed E-state index contributed by atoms with van der Waals surface area (Å²) in [5.74, 6) is 0. The molecular formula is C7H15Cl2N. The Balaban J connectivity index is 0.000000810. The molecule has 10 heavy (non-hydrogen) atoms. The summed E-state index contributed by atoms with van der Waals surface area (Å²) in [5, 5.41) is 3.65. The van der Waals surface area contributed by atoms with Crippen LogP contribution < -0.4 is 5.32 Å². The van der Waals surface area contributed by atoms with Crippen LogP contribution in [0.2, 0.25) is 0 Å². The van der Waals surface area contributed by atoms with Gasteiger partial charge in [-0.1, -0.05) is 0 Å². The number of rotatable bonds is 1. The van der Waals surface area contributed by atoms with Gasteiger partial charge in [0.05, 0.1) is 0 Å². The molecule has 62 valence electrons. The molecule has 1 N–H and O–H groups in total. The van der Waals surface area contributed by atoms with E-state index in [0.29, 0.717) is 0 Å². The lowest BCUT2D eigenvalue weighted by Crippen LogP contribution is -2.43. The summed E-state index contributed by atoms with van der Waals surface area (Å²) < 4.78 is 0. The molecule has 0 aromatic heterocycles. The minimum atomic E-state index is 0. The second-order valence-corrected chi connectivity index (χ2v) is 3.72. The van der Waals surface area contributed by atoms with Crippen LogP contribution in [0, 0.1) is 0 Å². The molecule has 0 amide bonds. The zero-order valence-corrected chi connectivity index (χ0v) is 8.06. The SMILES string of the molecule is CC(Cl)C1(C)CCCN1.Cl. The first kappa shape index (κ1) is 10.5. The van der Waals surface area contributed by atoms with E-state index in [9.17, 15) is 0 Å². The molecule has 2 unspecified atom stereocenters. The Morgan fingerprint density at radius 3 is 2.40 bits per heavy atom. The van der Waals surface area contributed by atoms with Gasteiger partial charge in [-0.3, -0.25) is 0 Å². The van der Waals surface area contributed by atoms with Gasteiger partial charge in [-0.15, -0.1) is 24.0 Å². The molecule has 0 saturated carbocycles. The molecule has 1 saturated heterocycles. The molecule has 0 aliphatic carbocycles. The standard InChI is InChI=1S/C7H14ClN.ClH/c1-6(8)7(2)4-3-5-9-7;/h6,9H,3-5H2,1-2H3;1H. The van der Waals surface area contributed by atoms with E-state index in [2.05, 4.69) is 19.2 Å². The molecule has 0 aromatic carbocycles. The van der Waals surface area contributed by atoms with Gasteiger partial charge in [0, 0.05) is 10.9 Å². The molecule has 1 nitrogen and oxygen atoms in total. The van der Waals surface area contributed by atoms with Crippen LogP contribution in [0.25, 0.3) is 0 Å². The molecule has 0 aromatic rings. The lowest BCUT2D eigenvalue weighted by molar-refractivity contribution is 0.408. The van der Waals surface area contributed by atoms with Crippen molar-refractivity contribution in [1.82, 2.24) is 5.32 Å². The van der Waals surface area contributed by atoms with Crippen molar-refractivity contribution in [3.63, 3.8) is 0 Å². The largest absolute Gasteiger partial charge is 0.310 e. The molecular weight excluding hydrogens is 169 g/mol. The Kier molecular flexibility index (Phi) is 4.00. The first-order valence-electron chi connectivity index (χ1n) is 3.54. The number of alkyl halides is 1. The Labute approximate surface area is 73.9 Å². The van der Waals surface area contributed by atoms with Gasteiger partial charge in [0.15, 0.2) is 0 Å². The molecule has 1 aliphatic rings. The average molecular weight is 184 g/mol. The van der Waals surface area contributed by atoms with Crippen LogP contribution in [0.3, 0.4) is 0 Å². The highest BCUT2D eigenvalue weighted by molar-refractivity contribution is 6.21. The van der Waals surface area contributed by atoms with Crippen molar-refractivity contribution in [3.05, 3.63) is 0 Å². The van der Waals surface area contributed by atoms with E-state index in [-0.39, 0.29) is 23.3 Å². The average Bonchev–Trinajstić information content (AvgIpc) is 2.16. The Bertz CT molecular complexity index is 97.8. The van der Waals surface area contributed by atoms with Gasteiger partial charge in [-0.2, -0.15) is 0 Å². The molecule has 0 spiro atoms. The predicted molar refractivity (Wildman–Crippen MR) is 48.2 cm³/mol. The summed E-state index contributed by atoms with van der Waals surface area (Å²) in [6.45, 7) is 5.38. The zero-order chi connectivity index (χ0) is 6.91. The van der Waals surface area contributed by atoms with Crippen molar-refractivity contribution in [2.45, 2.75) is 37.6 Å². The first-order chi connectivity index (χ1) is 4.15. The minimum Gasteiger partial charge on any atom is -0.310 e. The van der Waals surface area contributed by atoms with Crippen LogP contribution in [0.15, 0.2) is 0 Å². The summed E-state index contributed by atoms with van der Waals surface area (Å²) in [6, 6.07) is 0. The molecule has 1 fully saturated rings. The third-order valence-electron chi connectivity index (χ3n) is 2.28. The number of halogens is 2. The third-order valence-corrected chi connectivity index (χ3v) is 2.76. The van der Waals surface area contributed by atoms with Gasteiger partial charge < -0.3 is 5.32 Å². The molecule has 2 atom stereocenters. The molecule has 1 aliphatic heterocycles. The normalized spacial score (nSPS) is 35.1. The van der Waals surface area contributed by atoms with Gasteiger partial charge in [-0.05, 0) is 33.2 Å². The number of hydrogen-bond acceptors (Lipinski definition) is 1. The summed E-state index contributed by atoms with van der Waals surface area (Å²) in [7, 11) is 0. The highest BCUT2D eigenvalue weighted by Gasteiger charge is 2.32. The second-order valence-electron chi connectivity index (χ2n) is 3.06. The van der Waals surface area contributed by atoms with E-state index in [1.807, 2.05) is 0 Å². The first-order valence-corrected chi connectivity index (χ1v) is 3.98. The quantitative estimate of drug-likeness (QED) is 0.616. The fourth-order valence-electron chi connectivity index (χ4n) is 1.26. The van der Waals surface area contributed by atoms with Gasteiger partial charge in [0.1, 0.15) is 0 Å². The van der Waals surface area contributed by atoms with Crippen LogP contribution in [-0.2, 0) is 0 Å². The number of hydrogen-bond donors (Lipinski definition) is 1. The Hall–Kier alpha value is 0.540. The van der Waals surface area contributed by atoms with Crippen molar-refractivity contribution in [2.75, 3.05) is 6.54 Å². The van der Waals surface area contributed by atoms with Crippen molar-refractivity contribution in [3.8, 4) is 0 Å². The monoisotopic (exact) mass is 183 g/mol. The second kappa shape index (κ2) is 3.80. The minimum absolute atomic E-state index is 0. The maximum atomic E-state index is 5.96. The molecule has 0 bridgehead atoms. The van der Waals surface area contributed by atoms with E-state index in [0.717, 1.165) is 6.54 Å². The van der Waals surface area contributed by atoms with Gasteiger partial charge in [0.2, 0.25) is 0 Å². The molecule has 0 radical (unpaired) electrons. The Morgan fingerprint density at radius 2 is 2.20 bits per heavy atom. The fourth-order valence-corrected chi connectivity index (χ4v) is 1.44. The van der Waals surface area contributed by atoms with Crippen LogP contribution in [0.5, 0.6) is 0 Å². The predicted octanol–water partition coefficient (Wildman–Crippen LogP) is 2.18. The topological polar surface area (TPSA) is 12.0 Å². The highest BCUT2D eigenvalue weighted by Crippen LogP contribution is 2.25. The highest BCUT2D eigenvalue weighted by atomic mass is 35.5. The van der Waals surface area contributed by atoms with Crippen LogP contribution in [0.1, 0.15) is 26.7 Å². The van der Waals surface area contributed by atoms with E-state index in [4.69, 9.17) is 11.6 Å². The smallest absolute Gasteiger partial charge is 0.0486 e. The molecule has 3 heteroatoms. The molecule has 1 heterocycles. The van der Waals surface area contributed by atoms with Crippen molar-refractivity contribution < 1.29 is 0 Å². The van der Waals surface area contributed by atoms with Gasteiger partial charge in [-0.25, -0.2) is 0 Å². The van der Waals surface area contributed by atoms with Crippen molar-refractivity contribution in [1.29, 1.82) is 0 Å². The van der Waals surface area contributed by atoms with Gasteiger partial charge in [0.25, 0.3) is 0 Å². The molecule has 1 rings (SSSR count). The van der Waals surface area contributed by atoms with Crippen LogP contribution in [-0.4, -0.2) is 17.5 Å². The van der Waals surface area contributed by atoms with Crippen LogP contribution in [0.4, 0.5) is 0 Å². The van der Waals surface area contributed by atoms with Crippen molar-refractivity contribution >= 4 is 24.0 Å². The van der Waals surface area contributed by atoms with Crippen LogP contribution >= 0.6 is 24.0 Å².